The van der Waals surface area contributed by atoms with Crippen LogP contribution in [0, 0.1) is 5.41 Å². The van der Waals surface area contributed by atoms with Gasteiger partial charge in [-0.25, -0.2) is 0 Å². The van der Waals surface area contributed by atoms with Gasteiger partial charge in [0.1, 0.15) is 6.10 Å². The van der Waals surface area contributed by atoms with Crippen LogP contribution in [-0.2, 0) is 9.47 Å². The van der Waals surface area contributed by atoms with Crippen molar-refractivity contribution in [3.8, 4) is 0 Å². The molecule has 0 spiro atoms. The first kappa shape index (κ1) is 18.8. The average molecular weight is 304 g/mol. The molecule has 4 atom stereocenters. The average Bonchev–Trinajstić information content (AvgIpc) is 2.32. The molecule has 3 N–H and O–H groups in total. The number of aliphatic hydroxyl groups is 3. The third-order valence-corrected chi connectivity index (χ3v) is 3.44. The van der Waals surface area contributed by atoms with Crippen molar-refractivity contribution in [2.45, 2.75) is 90.5 Å². The van der Waals surface area contributed by atoms with E-state index in [-0.39, 0.29) is 17.9 Å². The van der Waals surface area contributed by atoms with E-state index < -0.39 is 30.2 Å². The molecule has 0 saturated carbocycles. The molecule has 0 aromatic heterocycles. The fourth-order valence-corrected chi connectivity index (χ4v) is 2.84. The zero-order valence-electron chi connectivity index (χ0n) is 14.2. The minimum atomic E-state index is -1.48. The molecule has 4 unspecified atom stereocenters. The standard InChI is InChI=1S/C16H32O5/c1-14(2,3)9-12-7-11(18)8-13(19)16(10-17,20-12)21-15(4,5)6/h11-13,17-19H,7-10H2,1-6H3. The Morgan fingerprint density at radius 1 is 1.10 bits per heavy atom. The number of aliphatic hydroxyl groups excluding tert-OH is 3. The Labute approximate surface area is 128 Å². The summed E-state index contributed by atoms with van der Waals surface area (Å²) in [6.07, 6.45) is -0.718. The van der Waals surface area contributed by atoms with Crippen LogP contribution in [0.2, 0.25) is 0 Å². The van der Waals surface area contributed by atoms with Crippen molar-refractivity contribution < 1.29 is 24.8 Å². The fourth-order valence-electron chi connectivity index (χ4n) is 2.84. The van der Waals surface area contributed by atoms with Gasteiger partial charge in [-0.3, -0.25) is 0 Å². The molecular formula is C16H32O5. The van der Waals surface area contributed by atoms with E-state index in [1.807, 2.05) is 20.8 Å². The maximum absolute atomic E-state index is 10.4. The van der Waals surface area contributed by atoms with E-state index in [0.29, 0.717) is 12.8 Å². The Morgan fingerprint density at radius 2 is 1.67 bits per heavy atom. The van der Waals surface area contributed by atoms with Crippen LogP contribution >= 0.6 is 0 Å². The lowest BCUT2D eigenvalue weighted by Crippen LogP contribution is -2.55. The summed E-state index contributed by atoms with van der Waals surface area (Å²) in [5, 5.41) is 30.3. The van der Waals surface area contributed by atoms with Gasteiger partial charge in [-0.15, -0.1) is 0 Å². The summed E-state index contributed by atoms with van der Waals surface area (Å²) in [7, 11) is 0. The van der Waals surface area contributed by atoms with Crippen molar-refractivity contribution in [3.05, 3.63) is 0 Å². The van der Waals surface area contributed by atoms with E-state index in [1.165, 1.54) is 0 Å². The summed E-state index contributed by atoms with van der Waals surface area (Å²) in [4.78, 5) is 0. The molecule has 0 bridgehead atoms. The van der Waals surface area contributed by atoms with Crippen molar-refractivity contribution in [3.63, 3.8) is 0 Å². The third-order valence-electron chi connectivity index (χ3n) is 3.44. The molecule has 0 aliphatic carbocycles. The van der Waals surface area contributed by atoms with Crippen molar-refractivity contribution in [2.75, 3.05) is 6.61 Å². The molecule has 0 amide bonds. The van der Waals surface area contributed by atoms with Gasteiger partial charge < -0.3 is 24.8 Å². The second-order valence-electron chi connectivity index (χ2n) is 8.33. The zero-order chi connectivity index (χ0) is 16.5. The summed E-state index contributed by atoms with van der Waals surface area (Å²) < 4.78 is 11.9. The smallest absolute Gasteiger partial charge is 0.219 e. The highest BCUT2D eigenvalue weighted by Gasteiger charge is 2.48. The van der Waals surface area contributed by atoms with E-state index in [9.17, 15) is 15.3 Å². The molecule has 0 aromatic rings. The highest BCUT2D eigenvalue weighted by Crippen LogP contribution is 2.36. The first-order valence-corrected chi connectivity index (χ1v) is 7.72. The number of rotatable bonds is 3. The van der Waals surface area contributed by atoms with Crippen molar-refractivity contribution in [2.24, 2.45) is 5.41 Å². The van der Waals surface area contributed by atoms with Crippen LogP contribution in [0.15, 0.2) is 0 Å². The second kappa shape index (κ2) is 6.50. The van der Waals surface area contributed by atoms with Crippen LogP contribution in [0.4, 0.5) is 0 Å². The first-order valence-electron chi connectivity index (χ1n) is 7.72. The summed E-state index contributed by atoms with van der Waals surface area (Å²) in [6.45, 7) is 11.4. The summed E-state index contributed by atoms with van der Waals surface area (Å²) >= 11 is 0. The van der Waals surface area contributed by atoms with Crippen LogP contribution in [0.5, 0.6) is 0 Å². The predicted octanol–water partition coefficient (Wildman–Crippen LogP) is 1.83. The largest absolute Gasteiger partial charge is 0.393 e. The molecule has 0 radical (unpaired) electrons. The maximum atomic E-state index is 10.4. The lowest BCUT2D eigenvalue weighted by atomic mass is 9.87. The van der Waals surface area contributed by atoms with Crippen LogP contribution in [0.3, 0.4) is 0 Å². The van der Waals surface area contributed by atoms with E-state index in [0.717, 1.165) is 0 Å². The molecule has 1 aliphatic heterocycles. The number of hydrogen-bond donors (Lipinski definition) is 3. The number of hydrogen-bond acceptors (Lipinski definition) is 5. The van der Waals surface area contributed by atoms with Crippen LogP contribution in [-0.4, -0.2) is 51.6 Å². The Bertz CT molecular complexity index is 331. The molecule has 1 fully saturated rings. The van der Waals surface area contributed by atoms with E-state index in [1.54, 1.807) is 0 Å². The van der Waals surface area contributed by atoms with Crippen LogP contribution in [0.1, 0.15) is 60.8 Å². The number of ether oxygens (including phenoxy) is 2. The molecule has 21 heavy (non-hydrogen) atoms. The van der Waals surface area contributed by atoms with Gasteiger partial charge in [0.25, 0.3) is 0 Å². The first-order chi connectivity index (χ1) is 9.37. The van der Waals surface area contributed by atoms with Gasteiger partial charge in [0.15, 0.2) is 0 Å². The Balaban J connectivity index is 3.02. The molecule has 1 saturated heterocycles. The topological polar surface area (TPSA) is 79.2 Å². The van der Waals surface area contributed by atoms with E-state index >= 15 is 0 Å². The monoisotopic (exact) mass is 304 g/mol. The van der Waals surface area contributed by atoms with Crippen molar-refractivity contribution >= 4 is 0 Å². The summed E-state index contributed by atoms with van der Waals surface area (Å²) in [5.74, 6) is -1.48. The maximum Gasteiger partial charge on any atom is 0.219 e. The highest BCUT2D eigenvalue weighted by molar-refractivity contribution is 4.90. The molecule has 1 rings (SSSR count). The minimum Gasteiger partial charge on any atom is -0.393 e. The summed E-state index contributed by atoms with van der Waals surface area (Å²) in [5.41, 5.74) is -0.562. The van der Waals surface area contributed by atoms with E-state index in [4.69, 9.17) is 9.47 Å². The van der Waals surface area contributed by atoms with E-state index in [2.05, 4.69) is 20.8 Å². The second-order valence-corrected chi connectivity index (χ2v) is 8.33. The molecule has 1 aliphatic rings. The Hall–Kier alpha value is -0.200. The van der Waals surface area contributed by atoms with Crippen molar-refractivity contribution in [1.82, 2.24) is 0 Å². The molecule has 126 valence electrons. The van der Waals surface area contributed by atoms with Gasteiger partial charge in [0.2, 0.25) is 5.79 Å². The van der Waals surface area contributed by atoms with Gasteiger partial charge >= 0.3 is 0 Å². The lowest BCUT2D eigenvalue weighted by Gasteiger charge is -2.42. The van der Waals surface area contributed by atoms with Gasteiger partial charge in [-0.1, -0.05) is 20.8 Å². The van der Waals surface area contributed by atoms with Gasteiger partial charge in [0.05, 0.1) is 24.4 Å². The zero-order valence-corrected chi connectivity index (χ0v) is 14.2. The van der Waals surface area contributed by atoms with Crippen LogP contribution in [0.25, 0.3) is 0 Å². The predicted molar refractivity (Wildman–Crippen MR) is 80.8 cm³/mol. The normalized spacial score (nSPS) is 35.6. The SMILES string of the molecule is CC(C)(C)CC1CC(O)CC(O)C(CO)(OC(C)(C)C)O1. The van der Waals surface area contributed by atoms with Gasteiger partial charge in [0, 0.05) is 6.42 Å². The minimum absolute atomic E-state index is 0.0165. The fraction of sp³-hybridized carbons (Fsp3) is 1.00. The van der Waals surface area contributed by atoms with Crippen LogP contribution < -0.4 is 0 Å². The van der Waals surface area contributed by atoms with Gasteiger partial charge in [-0.05, 0) is 39.0 Å². The molecule has 1 heterocycles. The van der Waals surface area contributed by atoms with Crippen molar-refractivity contribution in [1.29, 1.82) is 0 Å². The summed E-state index contributed by atoms with van der Waals surface area (Å²) in [6, 6.07) is 0. The Morgan fingerprint density at radius 3 is 2.10 bits per heavy atom. The molecular weight excluding hydrogens is 272 g/mol. The Kier molecular flexibility index (Phi) is 5.84. The molecule has 5 heteroatoms. The quantitative estimate of drug-likeness (QED) is 0.741. The van der Waals surface area contributed by atoms with Gasteiger partial charge in [-0.2, -0.15) is 0 Å². The lowest BCUT2D eigenvalue weighted by molar-refractivity contribution is -0.340. The molecule has 5 nitrogen and oxygen atoms in total. The highest BCUT2D eigenvalue weighted by atomic mass is 16.7. The third kappa shape index (κ3) is 5.83. The molecule has 0 aromatic carbocycles.